The van der Waals surface area contributed by atoms with Crippen molar-refractivity contribution in [2.24, 2.45) is 0 Å². The average Bonchev–Trinajstić information content (AvgIpc) is 3.27. The quantitative estimate of drug-likeness (QED) is 0.453. The maximum absolute atomic E-state index is 12.9. The Balaban J connectivity index is 1.38. The number of thiazole rings is 1. The topological polar surface area (TPSA) is 95.7 Å². The molecule has 4 heterocycles. The molecule has 152 valence electrons. The van der Waals surface area contributed by atoms with Crippen LogP contribution in [-0.4, -0.2) is 42.8 Å². The number of aryl methyl sites for hydroxylation is 1. The minimum absolute atomic E-state index is 0.113. The van der Waals surface area contributed by atoms with Crippen LogP contribution in [0.4, 0.5) is 0 Å². The van der Waals surface area contributed by atoms with E-state index in [1.165, 1.54) is 10.2 Å². The van der Waals surface area contributed by atoms with Gasteiger partial charge >= 0.3 is 0 Å². The second kappa shape index (κ2) is 7.56. The van der Waals surface area contributed by atoms with Crippen LogP contribution in [0.3, 0.4) is 0 Å². The van der Waals surface area contributed by atoms with Gasteiger partial charge in [0.2, 0.25) is 0 Å². The number of carbonyl (C=O) groups excluding carboxylic acids is 1. The average molecular weight is 420 g/mol. The van der Waals surface area contributed by atoms with E-state index >= 15 is 0 Å². The summed E-state index contributed by atoms with van der Waals surface area (Å²) in [5, 5.41) is 8.75. The molecule has 5 rings (SSSR count). The fraction of sp³-hybridized carbons (Fsp3) is 0.333. The smallest absolute Gasteiger partial charge is 0.197 e. The molecule has 1 aliphatic carbocycles. The highest BCUT2D eigenvalue weighted by Crippen LogP contribution is 2.45. The first kappa shape index (κ1) is 18.8. The van der Waals surface area contributed by atoms with E-state index in [0.29, 0.717) is 23.9 Å². The molecular weight excluding hydrogens is 400 g/mol. The second-order valence-corrected chi connectivity index (χ2v) is 8.65. The maximum atomic E-state index is 12.9. The molecule has 0 aliphatic heterocycles. The van der Waals surface area contributed by atoms with Gasteiger partial charge in [0.1, 0.15) is 16.1 Å². The van der Waals surface area contributed by atoms with Gasteiger partial charge in [-0.3, -0.25) is 4.79 Å². The predicted octanol–water partition coefficient (Wildman–Crippen LogP) is 3.22. The van der Waals surface area contributed by atoms with Crippen molar-refractivity contribution in [3.05, 3.63) is 52.6 Å². The van der Waals surface area contributed by atoms with Gasteiger partial charge in [-0.15, -0.1) is 5.10 Å². The number of Topliss-reactive ketones (excluding diaryl/α,β-unsaturated/α-hetero) is 1. The van der Waals surface area contributed by atoms with Crippen molar-refractivity contribution in [1.82, 2.24) is 29.9 Å². The zero-order valence-electron chi connectivity index (χ0n) is 16.7. The molecule has 0 radical (unpaired) electrons. The normalized spacial score (nSPS) is 13.7. The Morgan fingerprint density at radius 3 is 2.87 bits per heavy atom. The van der Waals surface area contributed by atoms with Crippen molar-refractivity contribution in [2.75, 3.05) is 7.11 Å². The van der Waals surface area contributed by atoms with E-state index in [2.05, 4.69) is 25.3 Å². The van der Waals surface area contributed by atoms with Gasteiger partial charge in [0.05, 0.1) is 24.5 Å². The first-order valence-electron chi connectivity index (χ1n) is 9.78. The van der Waals surface area contributed by atoms with E-state index in [4.69, 9.17) is 4.74 Å². The lowest BCUT2D eigenvalue weighted by atomic mass is 9.98. The minimum Gasteiger partial charge on any atom is -0.493 e. The number of aromatic nitrogens is 6. The number of rotatable bonds is 7. The number of pyridine rings is 2. The molecule has 0 spiro atoms. The molecule has 8 nitrogen and oxygen atoms in total. The van der Waals surface area contributed by atoms with Crippen LogP contribution in [0.15, 0.2) is 30.9 Å². The fourth-order valence-corrected chi connectivity index (χ4v) is 4.50. The number of ketones is 1. The van der Waals surface area contributed by atoms with Gasteiger partial charge in [0.25, 0.3) is 0 Å². The summed E-state index contributed by atoms with van der Waals surface area (Å²) in [6.07, 6.45) is 9.74. The fourth-order valence-electron chi connectivity index (χ4n) is 3.73. The summed E-state index contributed by atoms with van der Waals surface area (Å²) >= 11 is 1.61. The third-order valence-electron chi connectivity index (χ3n) is 5.18. The first-order valence-corrected chi connectivity index (χ1v) is 10.6. The summed E-state index contributed by atoms with van der Waals surface area (Å²) in [6, 6.07) is 1.83. The largest absolute Gasteiger partial charge is 0.493 e. The molecule has 4 aromatic heterocycles. The van der Waals surface area contributed by atoms with Crippen molar-refractivity contribution < 1.29 is 9.53 Å². The number of ether oxygens (including phenoxy) is 1. The molecule has 0 atom stereocenters. The minimum atomic E-state index is 0.113. The summed E-state index contributed by atoms with van der Waals surface area (Å²) in [4.78, 5) is 27.5. The van der Waals surface area contributed by atoms with Gasteiger partial charge in [-0.1, -0.05) is 16.6 Å². The number of fused-ring (bicyclic) bond motifs is 1. The summed E-state index contributed by atoms with van der Waals surface area (Å²) in [5.74, 6) is 1.70. The Kier molecular flexibility index (Phi) is 4.74. The van der Waals surface area contributed by atoms with Crippen molar-refractivity contribution >= 4 is 27.5 Å². The van der Waals surface area contributed by atoms with E-state index in [9.17, 15) is 4.79 Å². The number of nitrogens with zero attached hydrogens (tertiary/aromatic N) is 6. The third kappa shape index (κ3) is 3.56. The van der Waals surface area contributed by atoms with Gasteiger partial charge in [-0.25, -0.2) is 15.0 Å². The molecular formula is C21H20N6O2S. The third-order valence-corrected chi connectivity index (χ3v) is 6.06. The van der Waals surface area contributed by atoms with Gasteiger partial charge in [0.15, 0.2) is 11.6 Å². The number of carbonyl (C=O) groups is 1. The second-order valence-electron chi connectivity index (χ2n) is 7.47. The Morgan fingerprint density at radius 1 is 1.27 bits per heavy atom. The van der Waals surface area contributed by atoms with Gasteiger partial charge in [-0.05, 0) is 48.4 Å². The van der Waals surface area contributed by atoms with Crippen LogP contribution in [0.2, 0.25) is 0 Å². The number of methoxy groups -OCH3 is 1. The molecule has 1 fully saturated rings. The van der Waals surface area contributed by atoms with Crippen molar-refractivity contribution in [3.8, 4) is 11.6 Å². The van der Waals surface area contributed by atoms with Gasteiger partial charge in [-0.2, -0.15) is 4.68 Å². The van der Waals surface area contributed by atoms with Crippen molar-refractivity contribution in [2.45, 2.75) is 38.5 Å². The number of hydrogen-bond acceptors (Lipinski definition) is 8. The molecule has 0 saturated heterocycles. The monoisotopic (exact) mass is 420 g/mol. The predicted molar refractivity (Wildman–Crippen MR) is 112 cm³/mol. The lowest BCUT2D eigenvalue weighted by Gasteiger charge is -2.10. The highest BCUT2D eigenvalue weighted by molar-refractivity contribution is 7.18. The van der Waals surface area contributed by atoms with E-state index in [0.717, 1.165) is 39.3 Å². The van der Waals surface area contributed by atoms with Crippen molar-refractivity contribution in [1.29, 1.82) is 0 Å². The Hall–Kier alpha value is -3.20. The van der Waals surface area contributed by atoms with E-state index in [1.54, 1.807) is 37.0 Å². The first-order chi connectivity index (χ1) is 14.6. The highest BCUT2D eigenvalue weighted by Gasteiger charge is 2.30. The molecule has 0 bridgehead atoms. The Labute approximate surface area is 177 Å². The molecule has 1 aliphatic rings. The lowest BCUT2D eigenvalue weighted by molar-refractivity contribution is -0.117. The zero-order chi connectivity index (χ0) is 20.7. The molecule has 30 heavy (non-hydrogen) atoms. The van der Waals surface area contributed by atoms with Crippen LogP contribution in [0.1, 0.15) is 40.5 Å². The molecule has 4 aromatic rings. The van der Waals surface area contributed by atoms with Crippen LogP contribution in [0, 0.1) is 6.92 Å². The van der Waals surface area contributed by atoms with Crippen LogP contribution in [-0.2, 0) is 17.6 Å². The van der Waals surface area contributed by atoms with Crippen LogP contribution >= 0.6 is 11.3 Å². The molecule has 9 heteroatoms. The zero-order valence-corrected chi connectivity index (χ0v) is 17.5. The molecule has 0 unspecified atom stereocenters. The van der Waals surface area contributed by atoms with Crippen molar-refractivity contribution in [3.63, 3.8) is 0 Å². The molecule has 0 aromatic carbocycles. The van der Waals surface area contributed by atoms with Crippen LogP contribution in [0.25, 0.3) is 16.2 Å². The van der Waals surface area contributed by atoms with Crippen LogP contribution in [0.5, 0.6) is 5.75 Å². The van der Waals surface area contributed by atoms with E-state index in [1.807, 2.05) is 19.2 Å². The summed E-state index contributed by atoms with van der Waals surface area (Å²) < 4.78 is 6.97. The number of hydrogen-bond donors (Lipinski definition) is 0. The standard InChI is InChI=1S/C21H20N6O2S/c1-12-25-19-18(14-3-4-14)15(11-23-21(19)30-12)9-16(28)7-13-8-17(29-2)20(22-10-13)27-6-5-24-26-27/h5-6,8,10-11,14H,3-4,7,9H2,1-2H3. The Bertz CT molecular complexity index is 1230. The van der Waals surface area contributed by atoms with Gasteiger partial charge in [0, 0.05) is 25.2 Å². The molecule has 1 saturated carbocycles. The van der Waals surface area contributed by atoms with E-state index in [-0.39, 0.29) is 12.2 Å². The highest BCUT2D eigenvalue weighted by atomic mass is 32.1. The summed E-state index contributed by atoms with van der Waals surface area (Å²) in [5.41, 5.74) is 3.99. The molecule has 0 amide bonds. The molecule has 0 N–H and O–H groups in total. The van der Waals surface area contributed by atoms with E-state index < -0.39 is 0 Å². The summed E-state index contributed by atoms with van der Waals surface area (Å²) in [7, 11) is 1.57. The lowest BCUT2D eigenvalue weighted by Crippen LogP contribution is -2.10. The summed E-state index contributed by atoms with van der Waals surface area (Å²) in [6.45, 7) is 2.00. The SMILES string of the molecule is COc1cc(CC(=O)Cc2cnc3sc(C)nc3c2C2CC2)cnc1-n1ccnn1. The Morgan fingerprint density at radius 2 is 2.13 bits per heavy atom. The van der Waals surface area contributed by atoms with Gasteiger partial charge < -0.3 is 4.74 Å². The maximum Gasteiger partial charge on any atom is 0.197 e. The van der Waals surface area contributed by atoms with Crippen LogP contribution < -0.4 is 4.74 Å².